The predicted molar refractivity (Wildman–Crippen MR) is 125 cm³/mol. The summed E-state index contributed by atoms with van der Waals surface area (Å²) >= 11 is 0. The zero-order valence-corrected chi connectivity index (χ0v) is 17.4. The smallest absolute Gasteiger partial charge is 0.135 e. The molecule has 0 saturated heterocycles. The van der Waals surface area contributed by atoms with Crippen molar-refractivity contribution in [3.63, 3.8) is 0 Å². The second-order valence-corrected chi connectivity index (χ2v) is 7.93. The fourth-order valence-corrected chi connectivity index (χ4v) is 3.96. The highest BCUT2D eigenvalue weighted by atomic mass is 16.3. The molecule has 0 aliphatic carbocycles. The maximum atomic E-state index is 6.16. The van der Waals surface area contributed by atoms with Crippen LogP contribution >= 0.6 is 0 Å². The molecule has 0 N–H and O–H groups in total. The fraction of sp³-hybridized carbons (Fsp3) is 0.107. The predicted octanol–water partition coefficient (Wildman–Crippen LogP) is 7.75. The van der Waals surface area contributed by atoms with Gasteiger partial charge in [-0.3, -0.25) is 4.98 Å². The van der Waals surface area contributed by atoms with E-state index in [1.54, 1.807) is 0 Å². The molecular formula is C28H23NO. The van der Waals surface area contributed by atoms with Crippen LogP contribution < -0.4 is 0 Å². The summed E-state index contributed by atoms with van der Waals surface area (Å²) in [7, 11) is 0. The van der Waals surface area contributed by atoms with E-state index in [0.717, 1.165) is 33.6 Å². The van der Waals surface area contributed by atoms with E-state index >= 15 is 0 Å². The summed E-state index contributed by atoms with van der Waals surface area (Å²) in [6, 6.07) is 27.6. The van der Waals surface area contributed by atoms with Crippen LogP contribution in [0.2, 0.25) is 0 Å². The molecule has 0 atom stereocenters. The Balaban J connectivity index is 1.59. The van der Waals surface area contributed by atoms with Crippen molar-refractivity contribution in [2.75, 3.05) is 0 Å². The third-order valence-corrected chi connectivity index (χ3v) is 5.69. The lowest BCUT2D eigenvalue weighted by Gasteiger charge is -2.09. The zero-order valence-electron chi connectivity index (χ0n) is 17.4. The lowest BCUT2D eigenvalue weighted by Crippen LogP contribution is -1.87. The van der Waals surface area contributed by atoms with Gasteiger partial charge in [0.1, 0.15) is 11.3 Å². The van der Waals surface area contributed by atoms with Crippen molar-refractivity contribution in [1.82, 2.24) is 4.98 Å². The minimum Gasteiger partial charge on any atom is -0.456 e. The number of aryl methyl sites for hydroxylation is 3. The SMILES string of the molecule is Cc1ccc(-c2cc3c(C)c(-c4cccc(-c5cc(C)ccn5)c4)ccc3o2)cc1. The van der Waals surface area contributed by atoms with Gasteiger partial charge in [-0.15, -0.1) is 0 Å². The number of benzene rings is 3. The highest BCUT2D eigenvalue weighted by molar-refractivity contribution is 5.91. The summed E-state index contributed by atoms with van der Waals surface area (Å²) in [4.78, 5) is 4.55. The van der Waals surface area contributed by atoms with E-state index in [1.165, 1.54) is 27.8 Å². The molecule has 146 valence electrons. The molecule has 0 radical (unpaired) electrons. The molecule has 2 heterocycles. The maximum absolute atomic E-state index is 6.16. The van der Waals surface area contributed by atoms with E-state index < -0.39 is 0 Å². The number of hydrogen-bond donors (Lipinski definition) is 0. The van der Waals surface area contributed by atoms with E-state index in [1.807, 2.05) is 12.3 Å². The van der Waals surface area contributed by atoms with Crippen LogP contribution in [0.5, 0.6) is 0 Å². The van der Waals surface area contributed by atoms with Crippen LogP contribution in [0, 0.1) is 20.8 Å². The molecule has 3 aromatic carbocycles. The first-order valence-corrected chi connectivity index (χ1v) is 10.2. The van der Waals surface area contributed by atoms with Gasteiger partial charge in [-0.1, -0.05) is 54.1 Å². The Bertz CT molecular complexity index is 1360. The minimum atomic E-state index is 0.906. The van der Waals surface area contributed by atoms with Crippen LogP contribution in [0.3, 0.4) is 0 Å². The molecule has 0 aliphatic rings. The summed E-state index contributed by atoms with van der Waals surface area (Å²) in [5.74, 6) is 0.906. The Morgan fingerprint density at radius 3 is 2.27 bits per heavy atom. The third kappa shape index (κ3) is 3.31. The van der Waals surface area contributed by atoms with Gasteiger partial charge in [0.2, 0.25) is 0 Å². The van der Waals surface area contributed by atoms with Gasteiger partial charge in [-0.25, -0.2) is 0 Å². The number of hydrogen-bond acceptors (Lipinski definition) is 2. The maximum Gasteiger partial charge on any atom is 0.135 e. The van der Waals surface area contributed by atoms with E-state index in [9.17, 15) is 0 Å². The van der Waals surface area contributed by atoms with Crippen molar-refractivity contribution in [3.05, 3.63) is 102 Å². The van der Waals surface area contributed by atoms with Crippen molar-refractivity contribution in [2.45, 2.75) is 20.8 Å². The number of nitrogens with zero attached hydrogens (tertiary/aromatic N) is 1. The Hall–Kier alpha value is -3.65. The van der Waals surface area contributed by atoms with Crippen molar-refractivity contribution in [1.29, 1.82) is 0 Å². The van der Waals surface area contributed by atoms with Crippen LogP contribution in [0.4, 0.5) is 0 Å². The quantitative estimate of drug-likeness (QED) is 0.315. The number of aromatic nitrogens is 1. The van der Waals surface area contributed by atoms with E-state index in [4.69, 9.17) is 4.42 Å². The second-order valence-electron chi connectivity index (χ2n) is 7.93. The monoisotopic (exact) mass is 389 g/mol. The molecule has 0 bridgehead atoms. The first-order chi connectivity index (χ1) is 14.6. The first-order valence-electron chi connectivity index (χ1n) is 10.2. The Morgan fingerprint density at radius 2 is 1.47 bits per heavy atom. The lowest BCUT2D eigenvalue weighted by molar-refractivity contribution is 0.631. The van der Waals surface area contributed by atoms with Crippen molar-refractivity contribution < 1.29 is 4.42 Å². The molecule has 0 aliphatic heterocycles. The van der Waals surface area contributed by atoms with Gasteiger partial charge in [-0.05, 0) is 73.4 Å². The van der Waals surface area contributed by atoms with Crippen LogP contribution in [-0.4, -0.2) is 4.98 Å². The third-order valence-electron chi connectivity index (χ3n) is 5.69. The van der Waals surface area contributed by atoms with Crippen molar-refractivity contribution >= 4 is 11.0 Å². The van der Waals surface area contributed by atoms with Gasteiger partial charge in [0.05, 0.1) is 5.69 Å². The largest absolute Gasteiger partial charge is 0.456 e. The molecule has 0 saturated carbocycles. The van der Waals surface area contributed by atoms with Crippen LogP contribution in [0.25, 0.3) is 44.7 Å². The number of fused-ring (bicyclic) bond motifs is 1. The standard InChI is InChI=1S/C28H23NO/c1-18-7-9-21(10-8-18)28-17-25-20(3)24(11-12-27(25)30-28)22-5-4-6-23(16-22)26-15-19(2)13-14-29-26/h4-17H,1-3H3. The molecule has 5 aromatic rings. The molecule has 0 spiro atoms. The van der Waals surface area contributed by atoms with Crippen LogP contribution in [0.1, 0.15) is 16.7 Å². The summed E-state index contributed by atoms with van der Waals surface area (Å²) in [6.45, 7) is 6.36. The molecule has 0 fully saturated rings. The molecule has 0 unspecified atom stereocenters. The zero-order chi connectivity index (χ0) is 20.7. The normalized spacial score (nSPS) is 11.2. The highest BCUT2D eigenvalue weighted by Crippen LogP contribution is 2.35. The molecule has 0 amide bonds. The molecule has 2 aromatic heterocycles. The van der Waals surface area contributed by atoms with Gasteiger partial charge >= 0.3 is 0 Å². The Morgan fingerprint density at radius 1 is 0.667 bits per heavy atom. The molecule has 2 nitrogen and oxygen atoms in total. The van der Waals surface area contributed by atoms with Gasteiger partial charge in [0, 0.05) is 22.7 Å². The summed E-state index contributed by atoms with van der Waals surface area (Å²) in [6.07, 6.45) is 1.87. The average molecular weight is 389 g/mol. The Labute approximate surface area is 176 Å². The molecular weight excluding hydrogens is 366 g/mol. The van der Waals surface area contributed by atoms with Crippen molar-refractivity contribution in [2.24, 2.45) is 0 Å². The minimum absolute atomic E-state index is 0.906. The molecule has 30 heavy (non-hydrogen) atoms. The molecule has 5 rings (SSSR count). The Kier molecular flexibility index (Phi) is 4.48. The second kappa shape index (κ2) is 7.31. The van der Waals surface area contributed by atoms with Gasteiger partial charge in [0.15, 0.2) is 0 Å². The van der Waals surface area contributed by atoms with Gasteiger partial charge in [0.25, 0.3) is 0 Å². The number of furan rings is 1. The van der Waals surface area contributed by atoms with Crippen LogP contribution in [0.15, 0.2) is 89.5 Å². The number of rotatable bonds is 3. The molecule has 2 heteroatoms. The van der Waals surface area contributed by atoms with Crippen molar-refractivity contribution in [3.8, 4) is 33.7 Å². The van der Waals surface area contributed by atoms with E-state index in [2.05, 4.69) is 98.6 Å². The van der Waals surface area contributed by atoms with E-state index in [0.29, 0.717) is 0 Å². The summed E-state index contributed by atoms with van der Waals surface area (Å²) in [5.41, 5.74) is 10.2. The van der Waals surface area contributed by atoms with E-state index in [-0.39, 0.29) is 0 Å². The summed E-state index contributed by atoms with van der Waals surface area (Å²) < 4.78 is 6.16. The summed E-state index contributed by atoms with van der Waals surface area (Å²) in [5, 5.41) is 1.15. The lowest BCUT2D eigenvalue weighted by atomic mass is 9.95. The number of pyridine rings is 1. The fourth-order valence-electron chi connectivity index (χ4n) is 3.96. The average Bonchev–Trinajstić information content (AvgIpc) is 3.20. The first kappa shape index (κ1) is 18.4. The highest BCUT2D eigenvalue weighted by Gasteiger charge is 2.12. The van der Waals surface area contributed by atoms with Gasteiger partial charge < -0.3 is 4.42 Å². The van der Waals surface area contributed by atoms with Gasteiger partial charge in [-0.2, -0.15) is 0 Å². The topological polar surface area (TPSA) is 26.0 Å². The van der Waals surface area contributed by atoms with Crippen LogP contribution in [-0.2, 0) is 0 Å².